The lowest BCUT2D eigenvalue weighted by Crippen LogP contribution is -2.22. The molecular weight excluding hydrogens is 514 g/mol. The molecule has 1 aliphatic rings. The standard InChI is InChI=1S/C22H12Cl3FN2O4S/c23-11-4-7-15(24)19(8-11)33(29,30)32-12-5-6-13-18(9-12)31-22(28)14(10-27)20(13)21-16(25)2-1-3-17(21)26/h1-9,20H,28H2. The van der Waals surface area contributed by atoms with Crippen LogP contribution in [-0.2, 0) is 10.1 Å². The van der Waals surface area contributed by atoms with Crippen molar-refractivity contribution in [2.45, 2.75) is 10.8 Å². The number of benzene rings is 3. The van der Waals surface area contributed by atoms with E-state index >= 15 is 0 Å². The summed E-state index contributed by atoms with van der Waals surface area (Å²) < 4.78 is 50.9. The number of rotatable bonds is 4. The number of ether oxygens (including phenoxy) is 1. The smallest absolute Gasteiger partial charge is 0.340 e. The number of nitriles is 1. The zero-order valence-electron chi connectivity index (χ0n) is 16.4. The molecule has 0 aromatic heterocycles. The molecular formula is C22H12Cl3FN2O4S. The highest BCUT2D eigenvalue weighted by Gasteiger charge is 2.34. The zero-order chi connectivity index (χ0) is 23.9. The summed E-state index contributed by atoms with van der Waals surface area (Å²) in [7, 11) is -4.35. The van der Waals surface area contributed by atoms with Gasteiger partial charge in [0.05, 0.1) is 10.9 Å². The van der Waals surface area contributed by atoms with E-state index < -0.39 is 21.9 Å². The van der Waals surface area contributed by atoms with Crippen LogP contribution in [0.4, 0.5) is 4.39 Å². The molecule has 0 bridgehead atoms. The fourth-order valence-corrected chi connectivity index (χ4v) is 5.35. The molecule has 11 heteroatoms. The average Bonchev–Trinajstić information content (AvgIpc) is 2.74. The van der Waals surface area contributed by atoms with Crippen LogP contribution in [0.3, 0.4) is 0 Å². The van der Waals surface area contributed by atoms with Gasteiger partial charge in [0, 0.05) is 27.2 Å². The van der Waals surface area contributed by atoms with Crippen LogP contribution in [0.5, 0.6) is 11.5 Å². The first-order chi connectivity index (χ1) is 15.6. The van der Waals surface area contributed by atoms with Gasteiger partial charge in [-0.2, -0.15) is 13.7 Å². The van der Waals surface area contributed by atoms with Gasteiger partial charge in [0.2, 0.25) is 5.88 Å². The third kappa shape index (κ3) is 4.33. The van der Waals surface area contributed by atoms with Crippen molar-refractivity contribution in [2.24, 2.45) is 5.73 Å². The SMILES string of the molecule is N#CC1=C(N)Oc2cc(OS(=O)(=O)c3cc(Cl)ccc3Cl)ccc2C1c1c(F)cccc1Cl. The summed E-state index contributed by atoms with van der Waals surface area (Å²) >= 11 is 18.1. The topological polar surface area (TPSA) is 102 Å². The Morgan fingerprint density at radius 1 is 1.06 bits per heavy atom. The molecule has 1 atom stereocenters. The Morgan fingerprint density at radius 3 is 2.52 bits per heavy atom. The molecule has 3 aromatic carbocycles. The Balaban J connectivity index is 1.79. The lowest BCUT2D eigenvalue weighted by molar-refractivity contribution is 0.390. The molecule has 1 aliphatic heterocycles. The third-order valence-electron chi connectivity index (χ3n) is 4.85. The maximum Gasteiger partial charge on any atom is 0.340 e. The summed E-state index contributed by atoms with van der Waals surface area (Å²) in [6, 6.07) is 14.0. The van der Waals surface area contributed by atoms with E-state index in [1.54, 1.807) is 0 Å². The lowest BCUT2D eigenvalue weighted by Gasteiger charge is -2.27. The number of halogens is 4. The van der Waals surface area contributed by atoms with E-state index in [1.165, 1.54) is 48.5 Å². The number of nitrogens with two attached hydrogens (primary N) is 1. The zero-order valence-corrected chi connectivity index (χ0v) is 19.4. The fraction of sp³-hybridized carbons (Fsp3) is 0.0455. The van der Waals surface area contributed by atoms with Gasteiger partial charge in [-0.1, -0.05) is 46.9 Å². The van der Waals surface area contributed by atoms with Crippen molar-refractivity contribution in [2.75, 3.05) is 0 Å². The van der Waals surface area contributed by atoms with Crippen LogP contribution in [0, 0.1) is 17.1 Å². The van der Waals surface area contributed by atoms with Crippen LogP contribution < -0.4 is 14.7 Å². The highest BCUT2D eigenvalue weighted by Crippen LogP contribution is 2.46. The Bertz CT molecular complexity index is 1450. The van der Waals surface area contributed by atoms with Gasteiger partial charge in [0.1, 0.15) is 33.9 Å². The molecule has 4 rings (SSSR count). The van der Waals surface area contributed by atoms with Crippen LogP contribution in [-0.4, -0.2) is 8.42 Å². The maximum absolute atomic E-state index is 14.7. The summed E-state index contributed by atoms with van der Waals surface area (Å²) in [6.07, 6.45) is 0. The van der Waals surface area contributed by atoms with Gasteiger partial charge in [-0.05, 0) is 36.4 Å². The predicted molar refractivity (Wildman–Crippen MR) is 121 cm³/mol. The van der Waals surface area contributed by atoms with Crippen LogP contribution in [0.2, 0.25) is 15.1 Å². The summed E-state index contributed by atoms with van der Waals surface area (Å²) in [5.41, 5.74) is 6.26. The first-order valence-electron chi connectivity index (χ1n) is 9.17. The highest BCUT2D eigenvalue weighted by atomic mass is 35.5. The summed E-state index contributed by atoms with van der Waals surface area (Å²) in [5, 5.41) is 9.79. The normalized spacial score (nSPS) is 15.4. The minimum atomic E-state index is -4.35. The van der Waals surface area contributed by atoms with Crippen molar-refractivity contribution >= 4 is 44.9 Å². The molecule has 33 heavy (non-hydrogen) atoms. The van der Waals surface area contributed by atoms with Crippen molar-refractivity contribution in [1.29, 1.82) is 5.26 Å². The monoisotopic (exact) mass is 524 g/mol. The second-order valence-electron chi connectivity index (χ2n) is 6.87. The molecule has 0 aliphatic carbocycles. The Hall–Kier alpha value is -2.96. The minimum absolute atomic E-state index is 0.0372. The second kappa shape index (κ2) is 8.76. The summed E-state index contributed by atoms with van der Waals surface area (Å²) in [5.74, 6) is -1.94. The van der Waals surface area contributed by atoms with E-state index in [2.05, 4.69) is 0 Å². The van der Waals surface area contributed by atoms with Crippen molar-refractivity contribution < 1.29 is 21.7 Å². The molecule has 1 heterocycles. The Labute approximate surface area is 203 Å². The first kappa shape index (κ1) is 23.2. The molecule has 1 unspecified atom stereocenters. The van der Waals surface area contributed by atoms with Crippen LogP contribution in [0.25, 0.3) is 0 Å². The van der Waals surface area contributed by atoms with E-state index in [-0.39, 0.29) is 48.5 Å². The number of hydrogen-bond donors (Lipinski definition) is 1. The largest absolute Gasteiger partial charge is 0.440 e. The summed E-state index contributed by atoms with van der Waals surface area (Å²) in [4.78, 5) is -0.322. The van der Waals surface area contributed by atoms with Crippen molar-refractivity contribution in [1.82, 2.24) is 0 Å². The average molecular weight is 526 g/mol. The quantitative estimate of drug-likeness (QED) is 0.434. The molecule has 0 radical (unpaired) electrons. The van der Waals surface area contributed by atoms with Gasteiger partial charge in [-0.25, -0.2) is 4.39 Å². The van der Waals surface area contributed by atoms with Gasteiger partial charge in [0.15, 0.2) is 0 Å². The third-order valence-corrected chi connectivity index (χ3v) is 7.14. The van der Waals surface area contributed by atoms with Crippen molar-refractivity contribution in [3.05, 3.63) is 98.1 Å². The van der Waals surface area contributed by atoms with Crippen LogP contribution in [0.15, 0.2) is 70.9 Å². The van der Waals surface area contributed by atoms with E-state index in [1.807, 2.05) is 6.07 Å². The van der Waals surface area contributed by atoms with Gasteiger partial charge in [0.25, 0.3) is 0 Å². The number of nitrogens with zero attached hydrogens (tertiary/aromatic N) is 1. The molecule has 3 aromatic rings. The molecule has 0 fully saturated rings. The van der Waals surface area contributed by atoms with Gasteiger partial charge >= 0.3 is 10.1 Å². The number of hydrogen-bond acceptors (Lipinski definition) is 6. The molecule has 6 nitrogen and oxygen atoms in total. The van der Waals surface area contributed by atoms with Crippen molar-refractivity contribution in [3.8, 4) is 17.6 Å². The molecule has 0 saturated carbocycles. The molecule has 0 saturated heterocycles. The lowest BCUT2D eigenvalue weighted by atomic mass is 9.83. The van der Waals surface area contributed by atoms with E-state index in [0.29, 0.717) is 5.56 Å². The maximum atomic E-state index is 14.7. The van der Waals surface area contributed by atoms with E-state index in [4.69, 9.17) is 49.5 Å². The minimum Gasteiger partial charge on any atom is -0.440 e. The van der Waals surface area contributed by atoms with Crippen LogP contribution in [0.1, 0.15) is 17.0 Å². The molecule has 168 valence electrons. The van der Waals surface area contributed by atoms with Gasteiger partial charge < -0.3 is 14.7 Å². The Morgan fingerprint density at radius 2 is 1.82 bits per heavy atom. The molecule has 0 amide bonds. The van der Waals surface area contributed by atoms with Crippen LogP contribution >= 0.6 is 34.8 Å². The predicted octanol–water partition coefficient (Wildman–Crippen LogP) is 5.77. The van der Waals surface area contributed by atoms with E-state index in [9.17, 15) is 18.1 Å². The number of fused-ring (bicyclic) bond motifs is 1. The number of allylic oxidation sites excluding steroid dienone is 1. The highest BCUT2D eigenvalue weighted by molar-refractivity contribution is 7.87. The first-order valence-corrected chi connectivity index (χ1v) is 11.7. The molecule has 2 N–H and O–H groups in total. The summed E-state index contributed by atoms with van der Waals surface area (Å²) in [6.45, 7) is 0. The van der Waals surface area contributed by atoms with Gasteiger partial charge in [-0.3, -0.25) is 0 Å². The second-order valence-corrected chi connectivity index (χ2v) is 9.64. The van der Waals surface area contributed by atoms with Gasteiger partial charge in [-0.15, -0.1) is 0 Å². The van der Waals surface area contributed by atoms with Crippen molar-refractivity contribution in [3.63, 3.8) is 0 Å². The fourth-order valence-electron chi connectivity index (χ4n) is 3.41. The Kier molecular flexibility index (Phi) is 6.16. The van der Waals surface area contributed by atoms with E-state index in [0.717, 1.165) is 6.07 Å². The molecule has 0 spiro atoms.